The normalized spacial score (nSPS) is 22.2. The number of thioether (sulfide) groups is 1. The Morgan fingerprint density at radius 1 is 1.63 bits per heavy atom. The number of nitro groups is 1. The molecular formula is C11H16N4O3S. The van der Waals surface area contributed by atoms with Gasteiger partial charge in [0, 0.05) is 11.3 Å². The molecule has 7 nitrogen and oxygen atoms in total. The summed E-state index contributed by atoms with van der Waals surface area (Å²) in [6, 6.07) is 0. The lowest BCUT2D eigenvalue weighted by molar-refractivity contribution is -0.385. The largest absolute Gasteiger partial charge is 0.476 e. The molecule has 1 fully saturated rings. The zero-order valence-electron chi connectivity index (χ0n) is 10.9. The average Bonchev–Trinajstić information content (AvgIpc) is 2.83. The molecule has 1 aliphatic heterocycles. The van der Waals surface area contributed by atoms with Gasteiger partial charge >= 0.3 is 5.69 Å². The highest BCUT2D eigenvalue weighted by Crippen LogP contribution is 2.38. The Kier molecular flexibility index (Phi) is 4.08. The van der Waals surface area contributed by atoms with Gasteiger partial charge in [-0.15, -0.1) is 0 Å². The van der Waals surface area contributed by atoms with Crippen molar-refractivity contribution in [2.24, 2.45) is 0 Å². The third kappa shape index (κ3) is 3.06. The molecule has 1 aromatic heterocycles. The molecule has 0 radical (unpaired) electrons. The number of hydrogen-bond acceptors (Lipinski definition) is 7. The van der Waals surface area contributed by atoms with Crippen molar-refractivity contribution in [1.82, 2.24) is 9.97 Å². The first-order valence-corrected chi connectivity index (χ1v) is 6.95. The van der Waals surface area contributed by atoms with Gasteiger partial charge in [0.05, 0.1) is 12.0 Å². The molecule has 0 bridgehead atoms. The van der Waals surface area contributed by atoms with E-state index in [2.05, 4.69) is 22.2 Å². The van der Waals surface area contributed by atoms with Gasteiger partial charge in [0.1, 0.15) is 6.33 Å². The fourth-order valence-electron chi connectivity index (χ4n) is 2.05. The molecule has 19 heavy (non-hydrogen) atoms. The maximum Gasteiger partial charge on any atom is 0.372 e. The molecule has 0 aliphatic carbocycles. The second kappa shape index (κ2) is 5.60. The van der Waals surface area contributed by atoms with Crippen LogP contribution in [0.4, 0.5) is 11.5 Å². The summed E-state index contributed by atoms with van der Waals surface area (Å²) in [6.07, 6.45) is 3.54. The van der Waals surface area contributed by atoms with E-state index in [4.69, 9.17) is 4.74 Å². The van der Waals surface area contributed by atoms with E-state index in [9.17, 15) is 10.1 Å². The van der Waals surface area contributed by atoms with Crippen molar-refractivity contribution in [2.45, 2.75) is 24.5 Å². The Bertz CT molecular complexity index is 477. The minimum Gasteiger partial charge on any atom is -0.476 e. The lowest BCUT2D eigenvalue weighted by Gasteiger charge is -2.23. The maximum absolute atomic E-state index is 11.1. The van der Waals surface area contributed by atoms with Gasteiger partial charge in [-0.3, -0.25) is 10.1 Å². The Hall–Kier alpha value is -1.57. The summed E-state index contributed by atoms with van der Waals surface area (Å²) in [7, 11) is 1.35. The van der Waals surface area contributed by atoms with Crippen LogP contribution < -0.4 is 10.1 Å². The van der Waals surface area contributed by atoms with Crippen molar-refractivity contribution in [3.05, 3.63) is 16.4 Å². The fraction of sp³-hybridized carbons (Fsp3) is 0.636. The van der Waals surface area contributed by atoms with Crippen molar-refractivity contribution in [2.75, 3.05) is 24.7 Å². The summed E-state index contributed by atoms with van der Waals surface area (Å²) in [5.74, 6) is 1.32. The van der Waals surface area contributed by atoms with Crippen LogP contribution in [-0.4, -0.2) is 39.0 Å². The van der Waals surface area contributed by atoms with Crippen LogP contribution in [0.2, 0.25) is 0 Å². The summed E-state index contributed by atoms with van der Waals surface area (Å²) in [4.78, 5) is 18.3. The van der Waals surface area contributed by atoms with E-state index < -0.39 is 4.92 Å². The number of methoxy groups -OCH3 is 1. The summed E-state index contributed by atoms with van der Waals surface area (Å²) < 4.78 is 5.01. The smallest absolute Gasteiger partial charge is 0.372 e. The van der Waals surface area contributed by atoms with Gasteiger partial charge in [0.15, 0.2) is 0 Å². The quantitative estimate of drug-likeness (QED) is 0.654. The van der Waals surface area contributed by atoms with Gasteiger partial charge in [-0.05, 0) is 25.5 Å². The van der Waals surface area contributed by atoms with E-state index in [0.29, 0.717) is 6.54 Å². The zero-order valence-corrected chi connectivity index (χ0v) is 11.7. The van der Waals surface area contributed by atoms with Crippen molar-refractivity contribution in [3.8, 4) is 5.88 Å². The van der Waals surface area contributed by atoms with Crippen molar-refractivity contribution in [3.63, 3.8) is 0 Å². The van der Waals surface area contributed by atoms with E-state index >= 15 is 0 Å². The maximum atomic E-state index is 11.1. The number of aromatic nitrogens is 2. The van der Waals surface area contributed by atoms with Crippen molar-refractivity contribution < 1.29 is 9.66 Å². The van der Waals surface area contributed by atoms with Crippen molar-refractivity contribution >= 4 is 23.3 Å². The van der Waals surface area contributed by atoms with E-state index in [1.165, 1.54) is 19.9 Å². The van der Waals surface area contributed by atoms with E-state index in [-0.39, 0.29) is 22.1 Å². The van der Waals surface area contributed by atoms with Crippen LogP contribution in [0.15, 0.2) is 6.33 Å². The first-order chi connectivity index (χ1) is 9.06. The summed E-state index contributed by atoms with van der Waals surface area (Å²) in [6.45, 7) is 2.79. The number of anilines is 1. The lowest BCUT2D eigenvalue weighted by atomic mass is 10.1. The molecule has 2 heterocycles. The zero-order chi connectivity index (χ0) is 13.9. The second-order valence-electron chi connectivity index (χ2n) is 4.59. The highest BCUT2D eigenvalue weighted by Gasteiger charge is 2.31. The highest BCUT2D eigenvalue weighted by molar-refractivity contribution is 8.00. The van der Waals surface area contributed by atoms with Crippen molar-refractivity contribution in [1.29, 1.82) is 0 Å². The highest BCUT2D eigenvalue weighted by atomic mass is 32.2. The predicted octanol–water partition coefficient (Wildman–Crippen LogP) is 2.09. The molecule has 2 rings (SSSR count). The van der Waals surface area contributed by atoms with E-state index in [0.717, 1.165) is 12.2 Å². The second-order valence-corrected chi connectivity index (χ2v) is 6.28. The molecular weight excluding hydrogens is 268 g/mol. The fourth-order valence-corrected chi connectivity index (χ4v) is 3.30. The molecule has 1 aliphatic rings. The Morgan fingerprint density at radius 3 is 3.00 bits per heavy atom. The third-order valence-electron chi connectivity index (χ3n) is 3.09. The molecule has 0 saturated carbocycles. The summed E-state index contributed by atoms with van der Waals surface area (Å²) in [5, 5.41) is 14.1. The number of nitrogens with one attached hydrogen (secondary N) is 1. The van der Waals surface area contributed by atoms with Gasteiger partial charge in [0.2, 0.25) is 5.82 Å². The van der Waals surface area contributed by atoms with E-state index in [1.54, 1.807) is 0 Å². The first kappa shape index (κ1) is 13.9. The number of hydrogen-bond donors (Lipinski definition) is 1. The number of ether oxygens (including phenoxy) is 1. The predicted molar refractivity (Wildman–Crippen MR) is 73.8 cm³/mol. The van der Waals surface area contributed by atoms with Crippen LogP contribution in [0, 0.1) is 10.1 Å². The summed E-state index contributed by atoms with van der Waals surface area (Å²) in [5.41, 5.74) is -0.211. The van der Waals surface area contributed by atoms with Crippen LogP contribution >= 0.6 is 11.8 Å². The minimum absolute atomic E-state index is 0.0215. The topological polar surface area (TPSA) is 90.2 Å². The van der Waals surface area contributed by atoms with E-state index in [1.807, 2.05) is 11.8 Å². The third-order valence-corrected chi connectivity index (χ3v) is 4.63. The molecule has 1 saturated heterocycles. The molecule has 1 unspecified atom stereocenters. The van der Waals surface area contributed by atoms with Gasteiger partial charge in [-0.1, -0.05) is 0 Å². The van der Waals surface area contributed by atoms with Crippen LogP contribution in [0.1, 0.15) is 19.8 Å². The molecule has 0 amide bonds. The van der Waals surface area contributed by atoms with Gasteiger partial charge in [0.25, 0.3) is 5.88 Å². The number of rotatable bonds is 5. The summed E-state index contributed by atoms with van der Waals surface area (Å²) >= 11 is 1.88. The van der Waals surface area contributed by atoms with Crippen LogP contribution in [0.3, 0.4) is 0 Å². The molecule has 104 valence electrons. The lowest BCUT2D eigenvalue weighted by Crippen LogP contribution is -2.27. The van der Waals surface area contributed by atoms with Crippen LogP contribution in [0.5, 0.6) is 5.88 Å². The molecule has 0 aromatic carbocycles. The van der Waals surface area contributed by atoms with Gasteiger partial charge in [-0.2, -0.15) is 16.7 Å². The monoisotopic (exact) mass is 284 g/mol. The Labute approximate surface area is 115 Å². The standard InChI is InChI=1S/C11H16N4O3S/c1-11(4-3-5-19-11)6-12-9-8(15(16)17)10(18-2)14-7-13-9/h7H,3-6H2,1-2H3,(H,12,13,14). The first-order valence-electron chi connectivity index (χ1n) is 5.97. The molecule has 1 N–H and O–H groups in total. The average molecular weight is 284 g/mol. The number of nitrogens with zero attached hydrogens (tertiary/aromatic N) is 3. The van der Waals surface area contributed by atoms with Crippen LogP contribution in [-0.2, 0) is 0 Å². The molecule has 1 aromatic rings. The Balaban J connectivity index is 2.17. The molecule has 1 atom stereocenters. The minimum atomic E-state index is -0.523. The SMILES string of the molecule is COc1ncnc(NCC2(C)CCCS2)c1[N+](=O)[O-]. The van der Waals surface area contributed by atoms with Gasteiger partial charge < -0.3 is 10.1 Å². The molecule has 0 spiro atoms. The Morgan fingerprint density at radius 2 is 2.42 bits per heavy atom. The molecule has 8 heteroatoms. The van der Waals surface area contributed by atoms with Gasteiger partial charge in [-0.25, -0.2) is 4.98 Å². The van der Waals surface area contributed by atoms with Crippen LogP contribution in [0.25, 0.3) is 0 Å².